The zero-order chi connectivity index (χ0) is 21.8. The molecule has 8 heteroatoms. The third-order valence-corrected chi connectivity index (χ3v) is 5.60. The topological polar surface area (TPSA) is 88.2 Å². The van der Waals surface area contributed by atoms with Gasteiger partial charge < -0.3 is 10.2 Å². The number of aromatic hydroxyl groups is 2. The first-order chi connectivity index (χ1) is 15.0. The molecule has 0 atom stereocenters. The monoisotopic (exact) mass is 435 g/mol. The first-order valence-corrected chi connectivity index (χ1v) is 10.4. The lowest BCUT2D eigenvalue weighted by atomic mass is 10.1. The molecule has 0 saturated heterocycles. The Morgan fingerprint density at radius 3 is 2.39 bits per heavy atom. The van der Waals surface area contributed by atoms with Crippen LogP contribution in [0.5, 0.6) is 11.5 Å². The van der Waals surface area contributed by atoms with Crippen molar-refractivity contribution in [3.63, 3.8) is 0 Å². The third kappa shape index (κ3) is 4.75. The molecule has 1 heterocycles. The van der Waals surface area contributed by atoms with Gasteiger partial charge in [0.25, 0.3) is 0 Å². The molecule has 0 amide bonds. The Hall–Kier alpha value is -3.65. The molecule has 156 valence electrons. The molecule has 4 rings (SSSR count). The van der Waals surface area contributed by atoms with E-state index >= 15 is 0 Å². The van der Waals surface area contributed by atoms with Gasteiger partial charge in [-0.1, -0.05) is 42.1 Å². The molecule has 6 nitrogen and oxygen atoms in total. The maximum atomic E-state index is 13.4. The summed E-state index contributed by atoms with van der Waals surface area (Å²) in [6, 6.07) is 19.7. The van der Waals surface area contributed by atoms with Crippen LogP contribution in [0.2, 0.25) is 0 Å². The summed E-state index contributed by atoms with van der Waals surface area (Å²) in [5.74, 6) is -0.549. The predicted octanol–water partition coefficient (Wildman–Crippen LogP) is 4.52. The number of benzene rings is 3. The van der Waals surface area contributed by atoms with E-state index in [-0.39, 0.29) is 34.4 Å². The van der Waals surface area contributed by atoms with Crippen LogP contribution in [0.3, 0.4) is 0 Å². The fourth-order valence-corrected chi connectivity index (χ4v) is 3.86. The first-order valence-electron chi connectivity index (χ1n) is 9.42. The molecule has 0 aliphatic rings. The van der Waals surface area contributed by atoms with E-state index in [4.69, 9.17) is 0 Å². The van der Waals surface area contributed by atoms with E-state index in [9.17, 15) is 19.4 Å². The minimum absolute atomic E-state index is 0.0700. The molecule has 31 heavy (non-hydrogen) atoms. The predicted molar refractivity (Wildman–Crippen MR) is 116 cm³/mol. The number of rotatable bonds is 7. The number of nitrogens with zero attached hydrogens (tertiary/aromatic N) is 3. The largest absolute Gasteiger partial charge is 0.504 e. The van der Waals surface area contributed by atoms with Gasteiger partial charge in [0.15, 0.2) is 28.3 Å². The van der Waals surface area contributed by atoms with E-state index in [2.05, 4.69) is 10.2 Å². The molecule has 2 N–H and O–H groups in total. The zero-order valence-corrected chi connectivity index (χ0v) is 17.1. The van der Waals surface area contributed by atoms with E-state index in [0.29, 0.717) is 23.1 Å². The Balaban J connectivity index is 1.61. The van der Waals surface area contributed by atoms with E-state index in [1.807, 2.05) is 34.9 Å². The van der Waals surface area contributed by atoms with Crippen LogP contribution in [0, 0.1) is 5.82 Å². The molecule has 0 aliphatic carbocycles. The standard InChI is InChI=1S/C23H18FN3O3S/c24-18-9-6-16(7-10-18)22-25-26-23(27(22)13-15-4-2-1-3-5-15)31-14-21(30)17-8-11-19(28)20(29)12-17/h1-12,28-29H,13-14H2. The average Bonchev–Trinajstić information content (AvgIpc) is 3.17. The Morgan fingerprint density at radius 1 is 0.935 bits per heavy atom. The van der Waals surface area contributed by atoms with Crippen molar-refractivity contribution >= 4 is 17.5 Å². The van der Waals surface area contributed by atoms with Crippen LogP contribution in [0.15, 0.2) is 78.0 Å². The van der Waals surface area contributed by atoms with Crippen molar-refractivity contribution in [1.29, 1.82) is 0 Å². The lowest BCUT2D eigenvalue weighted by Gasteiger charge is -2.10. The molecule has 0 spiro atoms. The molecule has 0 radical (unpaired) electrons. The molecule has 0 aliphatic heterocycles. The second kappa shape index (κ2) is 9.01. The number of aromatic nitrogens is 3. The van der Waals surface area contributed by atoms with Crippen molar-refractivity contribution in [2.75, 3.05) is 5.75 Å². The van der Waals surface area contributed by atoms with Crippen molar-refractivity contribution in [1.82, 2.24) is 14.8 Å². The van der Waals surface area contributed by atoms with Gasteiger partial charge in [-0.2, -0.15) is 0 Å². The van der Waals surface area contributed by atoms with Crippen molar-refractivity contribution in [2.45, 2.75) is 11.7 Å². The summed E-state index contributed by atoms with van der Waals surface area (Å²) >= 11 is 1.22. The van der Waals surface area contributed by atoms with Crippen LogP contribution in [-0.4, -0.2) is 36.5 Å². The number of hydrogen-bond acceptors (Lipinski definition) is 6. The number of carbonyl (C=O) groups is 1. The second-order valence-corrected chi connectivity index (χ2v) is 7.74. The number of ketones is 1. The van der Waals surface area contributed by atoms with Crippen molar-refractivity contribution in [2.24, 2.45) is 0 Å². The molecule has 4 aromatic rings. The van der Waals surface area contributed by atoms with Gasteiger partial charge >= 0.3 is 0 Å². The molecular weight excluding hydrogens is 417 g/mol. The smallest absolute Gasteiger partial charge is 0.192 e. The fourth-order valence-electron chi connectivity index (χ4n) is 3.03. The second-order valence-electron chi connectivity index (χ2n) is 6.80. The summed E-state index contributed by atoms with van der Waals surface area (Å²) in [7, 11) is 0. The third-order valence-electron chi connectivity index (χ3n) is 4.63. The quantitative estimate of drug-likeness (QED) is 0.252. The number of phenolic OH excluding ortho intramolecular Hbond substituents is 2. The molecular formula is C23H18FN3O3S. The maximum absolute atomic E-state index is 13.4. The van der Waals surface area contributed by atoms with Crippen LogP contribution in [-0.2, 0) is 6.54 Å². The van der Waals surface area contributed by atoms with Gasteiger partial charge in [0, 0.05) is 11.1 Å². The highest BCUT2D eigenvalue weighted by Gasteiger charge is 2.17. The molecule has 0 saturated carbocycles. The first kappa shape index (κ1) is 20.6. The van der Waals surface area contributed by atoms with E-state index in [1.54, 1.807) is 12.1 Å². The van der Waals surface area contributed by atoms with Crippen molar-refractivity contribution in [3.8, 4) is 22.9 Å². The van der Waals surface area contributed by atoms with Gasteiger partial charge in [-0.3, -0.25) is 9.36 Å². The number of Topliss-reactive ketones (excluding diaryl/α,β-unsaturated/α-hetero) is 1. The summed E-state index contributed by atoms with van der Waals surface area (Å²) < 4.78 is 15.2. The molecule has 3 aromatic carbocycles. The highest BCUT2D eigenvalue weighted by atomic mass is 32.2. The molecule has 1 aromatic heterocycles. The van der Waals surface area contributed by atoms with Crippen LogP contribution in [0.25, 0.3) is 11.4 Å². The Kier molecular flexibility index (Phi) is 5.99. The van der Waals surface area contributed by atoms with Crippen LogP contribution in [0.1, 0.15) is 15.9 Å². The Labute approximate surface area is 182 Å². The lowest BCUT2D eigenvalue weighted by molar-refractivity contribution is 0.102. The minimum Gasteiger partial charge on any atom is -0.504 e. The normalized spacial score (nSPS) is 10.9. The number of carbonyl (C=O) groups excluding carboxylic acids is 1. The fraction of sp³-hybridized carbons (Fsp3) is 0.0870. The highest BCUT2D eigenvalue weighted by molar-refractivity contribution is 7.99. The summed E-state index contributed by atoms with van der Waals surface area (Å²) in [5, 5.41) is 28.1. The number of phenols is 2. The molecule has 0 fully saturated rings. The van der Waals surface area contributed by atoms with Gasteiger partial charge in [0.05, 0.1) is 12.3 Å². The lowest BCUT2D eigenvalue weighted by Crippen LogP contribution is -2.07. The minimum atomic E-state index is -0.346. The zero-order valence-electron chi connectivity index (χ0n) is 16.3. The van der Waals surface area contributed by atoms with Crippen molar-refractivity contribution < 1.29 is 19.4 Å². The maximum Gasteiger partial charge on any atom is 0.192 e. The number of thioether (sulfide) groups is 1. The average molecular weight is 435 g/mol. The van der Waals surface area contributed by atoms with Crippen LogP contribution < -0.4 is 0 Å². The van der Waals surface area contributed by atoms with Crippen LogP contribution in [0.4, 0.5) is 4.39 Å². The number of halogens is 1. The molecule has 0 unspecified atom stereocenters. The summed E-state index contributed by atoms with van der Waals surface area (Å²) in [5.41, 5.74) is 2.03. The van der Waals surface area contributed by atoms with Gasteiger partial charge in [-0.25, -0.2) is 4.39 Å². The number of hydrogen-bond donors (Lipinski definition) is 2. The Bertz CT molecular complexity index is 1210. The SMILES string of the molecule is O=C(CSc1nnc(-c2ccc(F)cc2)n1Cc1ccccc1)c1ccc(O)c(O)c1. The van der Waals surface area contributed by atoms with Gasteiger partial charge in [-0.15, -0.1) is 10.2 Å². The Morgan fingerprint density at radius 2 is 1.68 bits per heavy atom. The van der Waals surface area contributed by atoms with E-state index < -0.39 is 0 Å². The van der Waals surface area contributed by atoms with Crippen LogP contribution >= 0.6 is 11.8 Å². The highest BCUT2D eigenvalue weighted by Crippen LogP contribution is 2.28. The molecule has 0 bridgehead atoms. The van der Waals surface area contributed by atoms with E-state index in [1.165, 1.54) is 42.1 Å². The van der Waals surface area contributed by atoms with Gasteiger partial charge in [-0.05, 0) is 48.0 Å². The van der Waals surface area contributed by atoms with E-state index in [0.717, 1.165) is 5.56 Å². The van der Waals surface area contributed by atoms with Gasteiger partial charge in [0.2, 0.25) is 0 Å². The summed E-state index contributed by atoms with van der Waals surface area (Å²) in [6.45, 7) is 0.483. The van der Waals surface area contributed by atoms with Crippen molar-refractivity contribution in [3.05, 3.63) is 89.7 Å². The summed E-state index contributed by atoms with van der Waals surface area (Å²) in [4.78, 5) is 12.6. The summed E-state index contributed by atoms with van der Waals surface area (Å²) in [6.07, 6.45) is 0. The van der Waals surface area contributed by atoms with Gasteiger partial charge in [0.1, 0.15) is 5.82 Å².